The van der Waals surface area contributed by atoms with E-state index in [0.717, 1.165) is 16.8 Å². The van der Waals surface area contributed by atoms with Crippen LogP contribution in [0.4, 0.5) is 0 Å². The molecule has 0 bridgehead atoms. The van der Waals surface area contributed by atoms with Crippen LogP contribution >= 0.6 is 12.2 Å². The second kappa shape index (κ2) is 3.72. The summed E-state index contributed by atoms with van der Waals surface area (Å²) in [6.45, 7) is 12.6. The summed E-state index contributed by atoms with van der Waals surface area (Å²) in [5, 5.41) is 0. The number of aromatic nitrogens is 2. The summed E-state index contributed by atoms with van der Waals surface area (Å²) in [6, 6.07) is 6.35. The minimum Gasteiger partial charge on any atom is -0.331 e. The third-order valence-corrected chi connectivity index (χ3v) is 6.00. The Kier molecular flexibility index (Phi) is 2.53. The molecular weight excluding hydrogens is 252 g/mol. The van der Waals surface area contributed by atoms with Crippen LogP contribution < -0.4 is 0 Å². The number of aryl methyl sites for hydroxylation is 1. The maximum absolute atomic E-state index is 5.52. The Morgan fingerprint density at radius 2 is 1.84 bits per heavy atom. The molecule has 102 valence electrons. The van der Waals surface area contributed by atoms with Gasteiger partial charge in [-0.05, 0) is 47.5 Å². The van der Waals surface area contributed by atoms with Gasteiger partial charge in [0.25, 0.3) is 0 Å². The highest BCUT2D eigenvalue weighted by atomic mass is 32.1. The molecule has 1 aliphatic rings. The van der Waals surface area contributed by atoms with E-state index in [2.05, 4.69) is 62.4 Å². The lowest BCUT2D eigenvalue weighted by Gasteiger charge is -2.08. The predicted molar refractivity (Wildman–Crippen MR) is 82.9 cm³/mol. The molecule has 0 aliphatic heterocycles. The maximum atomic E-state index is 5.52. The first-order chi connectivity index (χ1) is 8.76. The molecule has 0 amide bonds. The Morgan fingerprint density at radius 3 is 2.42 bits per heavy atom. The van der Waals surface area contributed by atoms with Crippen molar-refractivity contribution in [2.24, 2.45) is 16.7 Å². The Balaban J connectivity index is 2.08. The minimum atomic E-state index is 0.397. The Bertz CT molecular complexity index is 689. The van der Waals surface area contributed by atoms with Gasteiger partial charge in [-0.15, -0.1) is 0 Å². The van der Waals surface area contributed by atoms with Crippen molar-refractivity contribution in [3.63, 3.8) is 0 Å². The number of para-hydroxylation sites is 1. The van der Waals surface area contributed by atoms with Crippen molar-refractivity contribution in [1.29, 1.82) is 0 Å². The topological polar surface area (TPSA) is 20.7 Å². The van der Waals surface area contributed by atoms with E-state index in [9.17, 15) is 0 Å². The summed E-state index contributed by atoms with van der Waals surface area (Å²) < 4.78 is 3.14. The van der Waals surface area contributed by atoms with Gasteiger partial charge in [0.2, 0.25) is 0 Å². The van der Waals surface area contributed by atoms with Gasteiger partial charge >= 0.3 is 0 Å². The molecule has 1 N–H and O–H groups in total. The van der Waals surface area contributed by atoms with Crippen LogP contribution in [0, 0.1) is 28.4 Å². The summed E-state index contributed by atoms with van der Waals surface area (Å²) in [4.78, 5) is 3.33. The molecule has 3 heteroatoms. The van der Waals surface area contributed by atoms with Gasteiger partial charge in [0.05, 0.1) is 11.0 Å². The summed E-state index contributed by atoms with van der Waals surface area (Å²) >= 11 is 5.52. The Morgan fingerprint density at radius 1 is 1.21 bits per heavy atom. The van der Waals surface area contributed by atoms with Crippen LogP contribution in [0.2, 0.25) is 0 Å². The maximum Gasteiger partial charge on any atom is 0.178 e. The molecule has 2 nitrogen and oxygen atoms in total. The van der Waals surface area contributed by atoms with Crippen LogP contribution in [0.3, 0.4) is 0 Å². The molecule has 1 fully saturated rings. The predicted octanol–water partition coefficient (Wildman–Crippen LogP) is 4.69. The molecule has 1 aliphatic carbocycles. The third-order valence-electron chi connectivity index (χ3n) is 5.68. The number of benzene rings is 1. The molecule has 0 radical (unpaired) electrons. The van der Waals surface area contributed by atoms with Crippen LogP contribution in [0.1, 0.15) is 33.3 Å². The highest BCUT2D eigenvalue weighted by molar-refractivity contribution is 7.71. The summed E-state index contributed by atoms with van der Waals surface area (Å²) in [5.41, 5.74) is 4.51. The number of aromatic amines is 1. The van der Waals surface area contributed by atoms with Gasteiger partial charge in [0.15, 0.2) is 4.77 Å². The van der Waals surface area contributed by atoms with E-state index in [1.165, 1.54) is 11.1 Å². The van der Waals surface area contributed by atoms with E-state index >= 15 is 0 Å². The van der Waals surface area contributed by atoms with Gasteiger partial charge in [-0.2, -0.15) is 0 Å². The number of nitrogens with zero attached hydrogens (tertiary/aromatic N) is 1. The molecular formula is C16H22N2S. The van der Waals surface area contributed by atoms with Gasteiger partial charge in [-0.1, -0.05) is 39.8 Å². The second-order valence-corrected chi connectivity index (χ2v) is 7.39. The molecule has 0 spiro atoms. The number of imidazole rings is 1. The number of hydrogen-bond donors (Lipinski definition) is 1. The van der Waals surface area contributed by atoms with Crippen LogP contribution in [-0.4, -0.2) is 9.55 Å². The molecule has 1 aromatic carbocycles. The van der Waals surface area contributed by atoms with Crippen molar-refractivity contribution >= 4 is 23.3 Å². The fourth-order valence-electron chi connectivity index (χ4n) is 3.55. The molecule has 1 aromatic heterocycles. The van der Waals surface area contributed by atoms with Crippen LogP contribution in [0.5, 0.6) is 0 Å². The van der Waals surface area contributed by atoms with Crippen LogP contribution in [0.15, 0.2) is 18.2 Å². The highest BCUT2D eigenvalue weighted by Crippen LogP contribution is 2.68. The average Bonchev–Trinajstić information content (AvgIpc) is 2.58. The second-order valence-electron chi connectivity index (χ2n) is 7.01. The van der Waals surface area contributed by atoms with Crippen molar-refractivity contribution in [2.45, 2.75) is 41.2 Å². The number of fused-ring (bicyclic) bond motifs is 1. The fourth-order valence-corrected chi connectivity index (χ4v) is 3.82. The lowest BCUT2D eigenvalue weighted by Crippen LogP contribution is -2.05. The first-order valence-electron chi connectivity index (χ1n) is 6.95. The SMILES string of the molecule is Cc1cccc2[nH]c(=S)n(CC3C(C)(C)C3(C)C)c12. The lowest BCUT2D eigenvalue weighted by atomic mass is 10.0. The number of H-pyrrole nitrogens is 1. The average molecular weight is 274 g/mol. The van der Waals surface area contributed by atoms with Gasteiger partial charge in [-0.3, -0.25) is 0 Å². The Labute approximate surface area is 119 Å². The third kappa shape index (κ3) is 1.64. The molecule has 0 atom stereocenters. The standard InChI is InChI=1S/C16H22N2S/c1-10-7-6-8-11-13(10)18(14(19)17-11)9-12-15(2,3)16(12,4)5/h6-8,12H,9H2,1-5H3,(H,17,19). The Hall–Kier alpha value is -1.09. The first kappa shape index (κ1) is 12.9. The number of rotatable bonds is 2. The van der Waals surface area contributed by atoms with E-state index in [1.807, 2.05) is 0 Å². The molecule has 2 aromatic rings. The van der Waals surface area contributed by atoms with Crippen molar-refractivity contribution in [1.82, 2.24) is 9.55 Å². The summed E-state index contributed by atoms with van der Waals surface area (Å²) in [7, 11) is 0. The first-order valence-corrected chi connectivity index (χ1v) is 7.36. The summed E-state index contributed by atoms with van der Waals surface area (Å²) in [6.07, 6.45) is 0. The van der Waals surface area contributed by atoms with E-state index in [-0.39, 0.29) is 0 Å². The number of nitrogens with one attached hydrogen (secondary N) is 1. The van der Waals surface area contributed by atoms with Gasteiger partial charge in [-0.25, -0.2) is 0 Å². The quantitative estimate of drug-likeness (QED) is 0.788. The van der Waals surface area contributed by atoms with Crippen molar-refractivity contribution in [3.05, 3.63) is 28.5 Å². The number of hydrogen-bond acceptors (Lipinski definition) is 1. The normalized spacial score (nSPS) is 20.9. The minimum absolute atomic E-state index is 0.397. The zero-order valence-electron chi connectivity index (χ0n) is 12.4. The molecule has 1 saturated carbocycles. The van der Waals surface area contributed by atoms with E-state index < -0.39 is 0 Å². The largest absolute Gasteiger partial charge is 0.331 e. The molecule has 1 heterocycles. The van der Waals surface area contributed by atoms with Crippen molar-refractivity contribution in [2.75, 3.05) is 0 Å². The van der Waals surface area contributed by atoms with Crippen molar-refractivity contribution in [3.8, 4) is 0 Å². The fraction of sp³-hybridized carbons (Fsp3) is 0.562. The molecule has 0 unspecified atom stereocenters. The van der Waals surface area contributed by atoms with Gasteiger partial charge in [0.1, 0.15) is 0 Å². The van der Waals surface area contributed by atoms with Crippen molar-refractivity contribution < 1.29 is 0 Å². The van der Waals surface area contributed by atoms with Gasteiger partial charge in [0, 0.05) is 6.54 Å². The van der Waals surface area contributed by atoms with Gasteiger partial charge < -0.3 is 9.55 Å². The molecule has 19 heavy (non-hydrogen) atoms. The molecule has 0 saturated heterocycles. The van der Waals surface area contributed by atoms with Crippen LogP contribution in [-0.2, 0) is 6.54 Å². The highest BCUT2D eigenvalue weighted by Gasteiger charge is 2.64. The summed E-state index contributed by atoms with van der Waals surface area (Å²) in [5.74, 6) is 0.685. The lowest BCUT2D eigenvalue weighted by molar-refractivity contribution is 0.457. The monoisotopic (exact) mass is 274 g/mol. The van der Waals surface area contributed by atoms with E-state index in [0.29, 0.717) is 16.7 Å². The zero-order valence-corrected chi connectivity index (χ0v) is 13.2. The van der Waals surface area contributed by atoms with E-state index in [4.69, 9.17) is 12.2 Å². The smallest absolute Gasteiger partial charge is 0.178 e. The van der Waals surface area contributed by atoms with Crippen LogP contribution in [0.25, 0.3) is 11.0 Å². The zero-order chi connectivity index (χ0) is 14.0. The van der Waals surface area contributed by atoms with E-state index in [1.54, 1.807) is 0 Å². The molecule has 3 rings (SSSR count).